The Morgan fingerprint density at radius 1 is 1.26 bits per heavy atom. The van der Waals surface area contributed by atoms with Gasteiger partial charge in [-0.25, -0.2) is 4.98 Å². The average molecular weight is 266 g/mol. The van der Waals surface area contributed by atoms with Crippen molar-refractivity contribution in [3.8, 4) is 0 Å². The molecule has 1 atom stereocenters. The van der Waals surface area contributed by atoms with Crippen molar-refractivity contribution in [2.75, 3.05) is 30.3 Å². The first kappa shape index (κ1) is 15.7. The highest BCUT2D eigenvalue weighted by Gasteiger charge is 2.02. The van der Waals surface area contributed by atoms with Gasteiger partial charge in [0.05, 0.1) is 0 Å². The molecule has 0 aliphatic heterocycles. The lowest BCUT2D eigenvalue weighted by Gasteiger charge is -2.10. The molecule has 0 bridgehead atoms. The first-order valence-electron chi connectivity index (χ1n) is 7.10. The maximum Gasteiger partial charge on any atom is 0.224 e. The summed E-state index contributed by atoms with van der Waals surface area (Å²) in [4.78, 5) is 8.77. The summed E-state index contributed by atoms with van der Waals surface area (Å²) in [5.41, 5.74) is 0.958. The third-order valence-corrected chi connectivity index (χ3v) is 2.88. The number of aliphatic hydroxyl groups excluding tert-OH is 1. The number of rotatable bonds is 9. The minimum Gasteiger partial charge on any atom is -0.396 e. The van der Waals surface area contributed by atoms with Crippen molar-refractivity contribution in [3.63, 3.8) is 0 Å². The van der Waals surface area contributed by atoms with Crippen LogP contribution in [0, 0.1) is 12.8 Å². The molecule has 5 nitrogen and oxygen atoms in total. The molecule has 108 valence electrons. The van der Waals surface area contributed by atoms with Crippen LogP contribution in [0.4, 0.5) is 11.8 Å². The highest BCUT2D eigenvalue weighted by atomic mass is 16.3. The van der Waals surface area contributed by atoms with E-state index in [-0.39, 0.29) is 6.61 Å². The van der Waals surface area contributed by atoms with Crippen LogP contribution >= 0.6 is 0 Å². The Morgan fingerprint density at radius 2 is 2.05 bits per heavy atom. The fraction of sp³-hybridized carbons (Fsp3) is 0.714. The van der Waals surface area contributed by atoms with Crippen molar-refractivity contribution in [2.24, 2.45) is 5.92 Å². The van der Waals surface area contributed by atoms with Crippen molar-refractivity contribution < 1.29 is 5.11 Å². The molecular formula is C14H26N4O. The first-order valence-corrected chi connectivity index (χ1v) is 7.10. The highest BCUT2D eigenvalue weighted by Crippen LogP contribution is 2.10. The maximum absolute atomic E-state index is 8.96. The van der Waals surface area contributed by atoms with E-state index in [2.05, 4.69) is 34.4 Å². The van der Waals surface area contributed by atoms with Crippen LogP contribution in [0.25, 0.3) is 0 Å². The van der Waals surface area contributed by atoms with E-state index >= 15 is 0 Å². The molecule has 0 amide bonds. The molecule has 0 aliphatic carbocycles. The van der Waals surface area contributed by atoms with Gasteiger partial charge in [0.15, 0.2) is 0 Å². The number of aryl methyl sites for hydroxylation is 1. The number of anilines is 2. The van der Waals surface area contributed by atoms with E-state index in [1.54, 1.807) is 0 Å². The van der Waals surface area contributed by atoms with Crippen molar-refractivity contribution >= 4 is 11.8 Å². The van der Waals surface area contributed by atoms with Crippen LogP contribution in [0.5, 0.6) is 0 Å². The number of hydrogen-bond donors (Lipinski definition) is 3. The first-order chi connectivity index (χ1) is 9.15. The van der Waals surface area contributed by atoms with Gasteiger partial charge < -0.3 is 15.7 Å². The molecule has 0 aromatic carbocycles. The molecule has 19 heavy (non-hydrogen) atoms. The Balaban J connectivity index is 2.42. The monoisotopic (exact) mass is 266 g/mol. The Morgan fingerprint density at radius 3 is 2.74 bits per heavy atom. The largest absolute Gasteiger partial charge is 0.396 e. The molecule has 0 aliphatic rings. The van der Waals surface area contributed by atoms with E-state index in [4.69, 9.17) is 5.11 Å². The summed E-state index contributed by atoms with van der Waals surface area (Å²) in [5.74, 6) is 1.92. The lowest BCUT2D eigenvalue weighted by Crippen LogP contribution is -2.10. The van der Waals surface area contributed by atoms with Gasteiger partial charge in [0.25, 0.3) is 0 Å². The lowest BCUT2D eigenvalue weighted by molar-refractivity contribution is 0.229. The number of aromatic nitrogens is 2. The van der Waals surface area contributed by atoms with E-state index in [0.717, 1.165) is 43.9 Å². The predicted molar refractivity (Wildman–Crippen MR) is 79.5 cm³/mol. The molecule has 0 fully saturated rings. The fourth-order valence-corrected chi connectivity index (χ4v) is 1.73. The third kappa shape index (κ3) is 6.38. The molecular weight excluding hydrogens is 240 g/mol. The van der Waals surface area contributed by atoms with E-state index in [1.165, 1.54) is 0 Å². The van der Waals surface area contributed by atoms with E-state index < -0.39 is 0 Å². The standard InChI is InChI=1S/C14H26N4O/c1-4-7-16-14-17-12(3)9-13(18-14)15-8-5-6-11(2)10-19/h9,11,19H,4-8,10H2,1-3H3,(H2,15,16,17,18). The van der Waals surface area contributed by atoms with E-state index in [1.807, 2.05) is 13.0 Å². The van der Waals surface area contributed by atoms with Gasteiger partial charge in [-0.15, -0.1) is 0 Å². The Labute approximate surface area is 115 Å². The van der Waals surface area contributed by atoms with Gasteiger partial charge in [0.2, 0.25) is 5.95 Å². The fourth-order valence-electron chi connectivity index (χ4n) is 1.73. The molecule has 0 radical (unpaired) electrons. The van der Waals surface area contributed by atoms with Gasteiger partial charge in [-0.05, 0) is 32.1 Å². The van der Waals surface area contributed by atoms with Gasteiger partial charge in [-0.2, -0.15) is 4.98 Å². The summed E-state index contributed by atoms with van der Waals surface area (Å²) in [5, 5.41) is 15.5. The summed E-state index contributed by atoms with van der Waals surface area (Å²) in [7, 11) is 0. The maximum atomic E-state index is 8.96. The predicted octanol–water partition coefficient (Wildman–Crippen LogP) is 2.43. The van der Waals surface area contributed by atoms with Crippen LogP contribution in [0.15, 0.2) is 6.07 Å². The van der Waals surface area contributed by atoms with Gasteiger partial charge in [0.1, 0.15) is 5.82 Å². The minimum absolute atomic E-state index is 0.262. The van der Waals surface area contributed by atoms with Crippen LogP contribution in [-0.4, -0.2) is 34.8 Å². The van der Waals surface area contributed by atoms with Crippen LogP contribution in [0.1, 0.15) is 38.8 Å². The zero-order chi connectivity index (χ0) is 14.1. The van der Waals surface area contributed by atoms with Gasteiger partial charge >= 0.3 is 0 Å². The molecule has 5 heteroatoms. The third-order valence-electron chi connectivity index (χ3n) is 2.88. The van der Waals surface area contributed by atoms with Crippen LogP contribution in [-0.2, 0) is 0 Å². The van der Waals surface area contributed by atoms with Gasteiger partial charge in [-0.1, -0.05) is 13.8 Å². The summed E-state index contributed by atoms with van der Waals surface area (Å²) >= 11 is 0. The summed E-state index contributed by atoms with van der Waals surface area (Å²) < 4.78 is 0. The average Bonchev–Trinajstić information content (AvgIpc) is 2.40. The SMILES string of the molecule is CCCNc1nc(C)cc(NCCCC(C)CO)n1. The molecule has 0 spiro atoms. The normalized spacial score (nSPS) is 12.2. The zero-order valence-electron chi connectivity index (χ0n) is 12.2. The Bertz CT molecular complexity index is 370. The molecule has 0 saturated heterocycles. The van der Waals surface area contributed by atoms with Crippen molar-refractivity contribution in [2.45, 2.75) is 40.0 Å². The van der Waals surface area contributed by atoms with Crippen LogP contribution in [0.3, 0.4) is 0 Å². The second kappa shape index (κ2) is 8.69. The highest BCUT2D eigenvalue weighted by molar-refractivity contribution is 5.41. The Kier molecular flexibility index (Phi) is 7.18. The summed E-state index contributed by atoms with van der Waals surface area (Å²) in [6.07, 6.45) is 3.11. The number of hydrogen-bond acceptors (Lipinski definition) is 5. The van der Waals surface area contributed by atoms with Gasteiger partial charge in [0, 0.05) is 31.5 Å². The van der Waals surface area contributed by atoms with Gasteiger partial charge in [-0.3, -0.25) is 0 Å². The molecule has 1 rings (SSSR count). The lowest BCUT2D eigenvalue weighted by atomic mass is 10.1. The summed E-state index contributed by atoms with van der Waals surface area (Å²) in [6, 6.07) is 1.95. The second-order valence-electron chi connectivity index (χ2n) is 5.00. The van der Waals surface area contributed by atoms with E-state index in [0.29, 0.717) is 11.9 Å². The summed E-state index contributed by atoms with van der Waals surface area (Å²) in [6.45, 7) is 8.16. The van der Waals surface area contributed by atoms with Crippen LogP contribution in [0.2, 0.25) is 0 Å². The second-order valence-corrected chi connectivity index (χ2v) is 5.00. The quantitative estimate of drug-likeness (QED) is 0.599. The molecule has 1 aromatic rings. The number of aliphatic hydroxyl groups is 1. The van der Waals surface area contributed by atoms with E-state index in [9.17, 15) is 0 Å². The van der Waals surface area contributed by atoms with Crippen molar-refractivity contribution in [3.05, 3.63) is 11.8 Å². The molecule has 1 heterocycles. The molecule has 3 N–H and O–H groups in total. The van der Waals surface area contributed by atoms with Crippen molar-refractivity contribution in [1.82, 2.24) is 9.97 Å². The van der Waals surface area contributed by atoms with Crippen LogP contribution < -0.4 is 10.6 Å². The zero-order valence-corrected chi connectivity index (χ0v) is 12.2. The minimum atomic E-state index is 0.262. The molecule has 1 unspecified atom stereocenters. The molecule has 1 aromatic heterocycles. The topological polar surface area (TPSA) is 70.1 Å². The molecule has 0 saturated carbocycles. The Hall–Kier alpha value is -1.36. The van der Waals surface area contributed by atoms with Crippen molar-refractivity contribution in [1.29, 1.82) is 0 Å². The smallest absolute Gasteiger partial charge is 0.224 e. The number of nitrogens with zero attached hydrogens (tertiary/aromatic N) is 2. The number of nitrogens with one attached hydrogen (secondary N) is 2.